The lowest BCUT2D eigenvalue weighted by Crippen LogP contribution is -2.48. The second kappa shape index (κ2) is 10.7. The summed E-state index contributed by atoms with van der Waals surface area (Å²) >= 11 is 0. The number of nitrogens with one attached hydrogen (secondary N) is 2. The summed E-state index contributed by atoms with van der Waals surface area (Å²) in [6, 6.07) is 10.2. The van der Waals surface area contributed by atoms with E-state index in [0.29, 0.717) is 23.8 Å². The van der Waals surface area contributed by atoms with E-state index >= 15 is 0 Å². The molecule has 1 aliphatic heterocycles. The van der Waals surface area contributed by atoms with Crippen molar-refractivity contribution in [3.8, 4) is 0 Å². The van der Waals surface area contributed by atoms with Crippen molar-refractivity contribution in [1.82, 2.24) is 24.4 Å². The fourth-order valence-corrected chi connectivity index (χ4v) is 4.61. The molecule has 1 aliphatic rings. The maximum atomic E-state index is 11.6. The van der Waals surface area contributed by atoms with E-state index in [0.717, 1.165) is 53.9 Å². The van der Waals surface area contributed by atoms with Crippen LogP contribution in [0.1, 0.15) is 23.9 Å². The highest BCUT2D eigenvalue weighted by Crippen LogP contribution is 2.22. The number of carbonyl (C=O) groups is 1. The van der Waals surface area contributed by atoms with Gasteiger partial charge in [0.1, 0.15) is 5.82 Å². The van der Waals surface area contributed by atoms with Crippen molar-refractivity contribution in [1.29, 1.82) is 0 Å². The minimum absolute atomic E-state index is 0.124. The predicted molar refractivity (Wildman–Crippen MR) is 148 cm³/mol. The molecule has 0 bridgehead atoms. The number of piperazine rings is 1. The number of hydrogen-bond donors (Lipinski definition) is 3. The third-order valence-corrected chi connectivity index (χ3v) is 6.66. The molecule has 1 amide bonds. The Kier molecular flexibility index (Phi) is 7.04. The molecule has 1 fully saturated rings. The summed E-state index contributed by atoms with van der Waals surface area (Å²) < 4.78 is 1.91. The van der Waals surface area contributed by atoms with Crippen LogP contribution in [-0.2, 0) is 11.2 Å². The van der Waals surface area contributed by atoms with Crippen molar-refractivity contribution < 1.29 is 9.90 Å². The number of anilines is 2. The molecule has 1 aromatic carbocycles. The van der Waals surface area contributed by atoms with E-state index < -0.39 is 0 Å². The highest BCUT2D eigenvalue weighted by molar-refractivity contribution is 5.86. The van der Waals surface area contributed by atoms with Gasteiger partial charge in [0.15, 0.2) is 5.82 Å². The molecule has 3 N–H and O–H groups in total. The van der Waals surface area contributed by atoms with Crippen molar-refractivity contribution in [3.63, 3.8) is 0 Å². The zero-order valence-electron chi connectivity index (χ0n) is 20.9. The molecular formula is C28H31N7O2. The standard InChI is InChI=1S/C28H31N7O2/c1-20(32-27-6-4-24(19-31-27)34-14-12-33(13-15-34)21(2)37)28-29-9-11-35(28)10-7-22-3-5-25-23(8-16-36)18-30-26(25)17-22/h3-7,9-11,17-19,30,36H,1,8,12-16H2,2H3,(H,31,32)/b10-7+. The number of benzene rings is 1. The molecule has 0 atom stereocenters. The van der Waals surface area contributed by atoms with Gasteiger partial charge in [0.25, 0.3) is 0 Å². The van der Waals surface area contributed by atoms with E-state index in [2.05, 4.69) is 49.9 Å². The van der Waals surface area contributed by atoms with Crippen molar-refractivity contribution in [2.45, 2.75) is 13.3 Å². The highest BCUT2D eigenvalue weighted by Gasteiger charge is 2.19. The molecule has 4 heterocycles. The second-order valence-electron chi connectivity index (χ2n) is 9.06. The Hall–Kier alpha value is -4.37. The number of carbonyl (C=O) groups excluding carboxylic acids is 1. The van der Waals surface area contributed by atoms with Gasteiger partial charge in [-0.2, -0.15) is 0 Å². The van der Waals surface area contributed by atoms with E-state index in [-0.39, 0.29) is 12.5 Å². The fraction of sp³-hybridized carbons (Fsp3) is 0.250. The van der Waals surface area contributed by atoms with Gasteiger partial charge in [-0.1, -0.05) is 18.7 Å². The number of aromatic nitrogens is 4. The number of nitrogens with zero attached hydrogens (tertiary/aromatic N) is 5. The first-order valence-corrected chi connectivity index (χ1v) is 12.4. The first-order chi connectivity index (χ1) is 18.0. The molecule has 0 saturated carbocycles. The minimum Gasteiger partial charge on any atom is -0.396 e. The van der Waals surface area contributed by atoms with E-state index in [1.165, 1.54) is 0 Å². The van der Waals surface area contributed by atoms with Crippen molar-refractivity contribution in [2.75, 3.05) is 43.0 Å². The first-order valence-electron chi connectivity index (χ1n) is 12.4. The van der Waals surface area contributed by atoms with Crippen LogP contribution in [0, 0.1) is 0 Å². The summed E-state index contributed by atoms with van der Waals surface area (Å²) in [4.78, 5) is 28.0. The SMILES string of the molecule is C=C(Nc1ccc(N2CCN(C(C)=O)CC2)cn1)c1nccn1/C=C/c1ccc2c(CCO)c[nH]c2c1. The zero-order chi connectivity index (χ0) is 25.8. The summed E-state index contributed by atoms with van der Waals surface area (Å²) in [5, 5.41) is 13.6. The van der Waals surface area contributed by atoms with Crippen LogP contribution in [0.15, 0.2) is 61.7 Å². The van der Waals surface area contributed by atoms with Gasteiger partial charge in [0.05, 0.1) is 17.6 Å². The van der Waals surface area contributed by atoms with Crippen LogP contribution in [0.3, 0.4) is 0 Å². The van der Waals surface area contributed by atoms with Gasteiger partial charge >= 0.3 is 0 Å². The number of fused-ring (bicyclic) bond motifs is 1. The summed E-state index contributed by atoms with van der Waals surface area (Å²) in [7, 11) is 0. The van der Waals surface area contributed by atoms with Crippen LogP contribution in [0.4, 0.5) is 11.5 Å². The van der Waals surface area contributed by atoms with Crippen LogP contribution >= 0.6 is 0 Å². The number of hydrogen-bond acceptors (Lipinski definition) is 6. The quantitative estimate of drug-likeness (QED) is 0.343. The number of H-pyrrole nitrogens is 1. The van der Waals surface area contributed by atoms with Crippen LogP contribution in [0.2, 0.25) is 0 Å². The molecule has 9 heteroatoms. The molecule has 0 aliphatic carbocycles. The topological polar surface area (TPSA) is 102 Å². The molecule has 0 unspecified atom stereocenters. The van der Waals surface area contributed by atoms with Crippen molar-refractivity contribution in [3.05, 3.63) is 78.6 Å². The van der Waals surface area contributed by atoms with Gasteiger partial charge in [-0.25, -0.2) is 9.97 Å². The second-order valence-corrected chi connectivity index (χ2v) is 9.06. The smallest absolute Gasteiger partial charge is 0.219 e. The lowest BCUT2D eigenvalue weighted by Gasteiger charge is -2.35. The van der Waals surface area contributed by atoms with Crippen LogP contribution in [-0.4, -0.2) is 68.2 Å². The Morgan fingerprint density at radius 1 is 1.19 bits per heavy atom. The fourth-order valence-electron chi connectivity index (χ4n) is 4.61. The molecule has 3 aromatic heterocycles. The Morgan fingerprint density at radius 3 is 2.76 bits per heavy atom. The molecule has 37 heavy (non-hydrogen) atoms. The molecule has 4 aromatic rings. The van der Waals surface area contributed by atoms with Gasteiger partial charge in [-0.05, 0) is 41.8 Å². The maximum absolute atomic E-state index is 11.6. The Balaban J connectivity index is 1.23. The number of imidazole rings is 1. The van der Waals surface area contributed by atoms with Gasteiger partial charge in [-0.15, -0.1) is 0 Å². The third kappa shape index (κ3) is 5.41. The average molecular weight is 498 g/mol. The van der Waals surface area contributed by atoms with Gasteiger partial charge in [0, 0.05) is 75.4 Å². The maximum Gasteiger partial charge on any atom is 0.219 e. The molecular weight excluding hydrogens is 466 g/mol. The van der Waals surface area contributed by atoms with E-state index in [9.17, 15) is 9.90 Å². The van der Waals surface area contributed by atoms with Crippen LogP contribution in [0.5, 0.6) is 0 Å². The Bertz CT molecular complexity index is 1430. The number of aliphatic hydroxyl groups is 1. The minimum atomic E-state index is 0.124. The molecule has 1 saturated heterocycles. The van der Waals surface area contributed by atoms with Gasteiger partial charge < -0.3 is 29.8 Å². The number of aliphatic hydroxyl groups excluding tert-OH is 1. The van der Waals surface area contributed by atoms with Crippen LogP contribution < -0.4 is 10.2 Å². The van der Waals surface area contributed by atoms with Crippen molar-refractivity contribution >= 4 is 46.3 Å². The molecule has 0 spiro atoms. The predicted octanol–water partition coefficient (Wildman–Crippen LogP) is 3.67. The van der Waals surface area contributed by atoms with Crippen LogP contribution in [0.25, 0.3) is 28.9 Å². The normalized spacial score (nSPS) is 14.0. The van der Waals surface area contributed by atoms with Gasteiger partial charge in [-0.3, -0.25) is 4.79 Å². The largest absolute Gasteiger partial charge is 0.396 e. The van der Waals surface area contributed by atoms with E-state index in [4.69, 9.17) is 0 Å². The number of amides is 1. The number of aromatic amines is 1. The summed E-state index contributed by atoms with van der Waals surface area (Å²) in [6.07, 6.45) is 12.0. The van der Waals surface area contributed by atoms with Gasteiger partial charge in [0.2, 0.25) is 5.91 Å². The zero-order valence-corrected chi connectivity index (χ0v) is 20.9. The Morgan fingerprint density at radius 2 is 2.03 bits per heavy atom. The summed E-state index contributed by atoms with van der Waals surface area (Å²) in [6.45, 7) is 8.96. The third-order valence-electron chi connectivity index (χ3n) is 6.66. The number of pyridine rings is 1. The first kappa shape index (κ1) is 24.3. The monoisotopic (exact) mass is 497 g/mol. The summed E-state index contributed by atoms with van der Waals surface area (Å²) in [5.41, 5.74) is 4.87. The lowest BCUT2D eigenvalue weighted by molar-refractivity contribution is -0.129. The highest BCUT2D eigenvalue weighted by atomic mass is 16.3. The Labute approximate surface area is 215 Å². The van der Waals surface area contributed by atoms with Crippen molar-refractivity contribution in [2.24, 2.45) is 0 Å². The van der Waals surface area contributed by atoms with E-state index in [1.54, 1.807) is 13.1 Å². The molecule has 5 rings (SSSR count). The molecule has 190 valence electrons. The molecule has 0 radical (unpaired) electrons. The summed E-state index contributed by atoms with van der Waals surface area (Å²) in [5.74, 6) is 1.50. The lowest BCUT2D eigenvalue weighted by atomic mass is 10.1. The average Bonchev–Trinajstić information content (AvgIpc) is 3.55. The number of rotatable bonds is 8. The van der Waals surface area contributed by atoms with E-state index in [1.807, 2.05) is 52.5 Å². The molecule has 9 nitrogen and oxygen atoms in total.